The van der Waals surface area contributed by atoms with Crippen LogP contribution in [0.2, 0.25) is 0 Å². The van der Waals surface area contributed by atoms with Gasteiger partial charge in [0.15, 0.2) is 0 Å². The van der Waals surface area contributed by atoms with Crippen LogP contribution >= 0.6 is 15.9 Å². The molecule has 0 saturated carbocycles. The van der Waals surface area contributed by atoms with Crippen molar-refractivity contribution in [1.82, 2.24) is 4.90 Å². The number of hydrogen-bond donors (Lipinski definition) is 1. The molecule has 0 aliphatic carbocycles. The molecule has 4 rings (SSSR count). The second-order valence-electron chi connectivity index (χ2n) is 8.04. The van der Waals surface area contributed by atoms with E-state index in [4.69, 9.17) is 9.15 Å². The molecule has 1 N–H and O–H groups in total. The Labute approximate surface area is 190 Å². The van der Waals surface area contributed by atoms with Gasteiger partial charge in [0.2, 0.25) is 11.2 Å². The number of hydrogen-bond acceptors (Lipinski definition) is 5. The molecule has 1 atom stereocenters. The minimum atomic E-state index is -4.98. The van der Waals surface area contributed by atoms with Crippen LogP contribution in [0.25, 0.3) is 11.0 Å². The van der Waals surface area contributed by atoms with Gasteiger partial charge < -0.3 is 14.3 Å². The average Bonchev–Trinajstić information content (AvgIpc) is 2.72. The molecule has 0 radical (unpaired) electrons. The van der Waals surface area contributed by atoms with Crippen LogP contribution in [0.5, 0.6) is 17.2 Å². The van der Waals surface area contributed by atoms with E-state index in [9.17, 15) is 23.1 Å². The number of fused-ring (bicyclic) bond motifs is 1. The zero-order valence-corrected chi connectivity index (χ0v) is 18.8. The normalized spacial score (nSPS) is 17.6. The van der Waals surface area contributed by atoms with E-state index in [0.29, 0.717) is 10.4 Å². The Hall–Kier alpha value is -2.52. The van der Waals surface area contributed by atoms with E-state index in [0.717, 1.165) is 25.9 Å². The van der Waals surface area contributed by atoms with E-state index in [1.54, 1.807) is 18.2 Å². The monoisotopic (exact) mass is 511 g/mol. The fourth-order valence-corrected chi connectivity index (χ4v) is 4.38. The molecule has 1 fully saturated rings. The molecule has 0 unspecified atom stereocenters. The van der Waals surface area contributed by atoms with Gasteiger partial charge in [0, 0.05) is 13.1 Å². The lowest BCUT2D eigenvalue weighted by atomic mass is 9.99. The summed E-state index contributed by atoms with van der Waals surface area (Å²) in [5, 5.41) is 10.3. The van der Waals surface area contributed by atoms with Crippen molar-refractivity contribution in [3.05, 3.63) is 62.4 Å². The summed E-state index contributed by atoms with van der Waals surface area (Å²) in [4.78, 5) is 15.2. The standard InChI is InChI=1S/C23H21BrF3NO4/c1-13-5-4-10-28(11-13)12-15-17(29)9-8-14-19(30)21(22(23(25,26)27)32-20(14)15)31-18-7-3-2-6-16(18)24/h2-3,6-9,13,29H,4-5,10-12H2,1H3/t13-/m1/s1. The largest absolute Gasteiger partial charge is 0.507 e. The number of rotatable bonds is 4. The summed E-state index contributed by atoms with van der Waals surface area (Å²) >= 11 is 3.21. The Morgan fingerprint density at radius 1 is 1.25 bits per heavy atom. The minimum absolute atomic E-state index is 0.0472. The van der Waals surface area contributed by atoms with Crippen molar-refractivity contribution in [3.8, 4) is 17.2 Å². The number of para-hydroxylation sites is 1. The summed E-state index contributed by atoms with van der Waals surface area (Å²) in [6, 6.07) is 8.82. The molecule has 0 spiro atoms. The van der Waals surface area contributed by atoms with Gasteiger partial charge in [-0.25, -0.2) is 0 Å². The number of benzene rings is 2. The van der Waals surface area contributed by atoms with Crippen molar-refractivity contribution < 1.29 is 27.4 Å². The zero-order chi connectivity index (χ0) is 23.0. The van der Waals surface area contributed by atoms with Gasteiger partial charge in [0.1, 0.15) is 17.1 Å². The molecule has 0 bridgehead atoms. The van der Waals surface area contributed by atoms with Gasteiger partial charge in [-0.05, 0) is 65.5 Å². The van der Waals surface area contributed by atoms with Crippen LogP contribution in [-0.2, 0) is 12.7 Å². The van der Waals surface area contributed by atoms with Gasteiger partial charge in [0.05, 0.1) is 15.4 Å². The number of aromatic hydroxyl groups is 1. The molecule has 2 heterocycles. The van der Waals surface area contributed by atoms with Crippen LogP contribution in [0.3, 0.4) is 0 Å². The maximum absolute atomic E-state index is 13.9. The number of piperidine rings is 1. The topological polar surface area (TPSA) is 62.9 Å². The quantitative estimate of drug-likeness (QED) is 0.445. The Kier molecular flexibility index (Phi) is 6.22. The molecular weight excluding hydrogens is 491 g/mol. The summed E-state index contributed by atoms with van der Waals surface area (Å²) in [6.45, 7) is 3.77. The number of phenols is 1. The molecule has 1 aliphatic heterocycles. The van der Waals surface area contributed by atoms with E-state index in [1.165, 1.54) is 18.2 Å². The number of halogens is 4. The Balaban J connectivity index is 1.88. The number of ether oxygens (including phenoxy) is 1. The second kappa shape index (κ2) is 8.78. The Morgan fingerprint density at radius 2 is 2.00 bits per heavy atom. The molecular formula is C23H21BrF3NO4. The highest BCUT2D eigenvalue weighted by Gasteiger charge is 2.41. The van der Waals surface area contributed by atoms with Gasteiger partial charge in [-0.1, -0.05) is 19.1 Å². The lowest BCUT2D eigenvalue weighted by Gasteiger charge is -2.31. The summed E-state index contributed by atoms with van der Waals surface area (Å²) in [5.74, 6) is -2.22. The number of nitrogens with zero attached hydrogens (tertiary/aromatic N) is 1. The van der Waals surface area contributed by atoms with Crippen LogP contribution in [0.15, 0.2) is 50.1 Å². The van der Waals surface area contributed by atoms with Crippen LogP contribution in [0.4, 0.5) is 13.2 Å². The van der Waals surface area contributed by atoms with Crippen LogP contribution in [0, 0.1) is 5.92 Å². The van der Waals surface area contributed by atoms with Crippen LogP contribution < -0.4 is 10.2 Å². The van der Waals surface area contributed by atoms with Crippen LogP contribution in [0.1, 0.15) is 31.1 Å². The average molecular weight is 512 g/mol. The first kappa shape index (κ1) is 22.7. The fraction of sp³-hybridized carbons (Fsp3) is 0.348. The Morgan fingerprint density at radius 3 is 2.69 bits per heavy atom. The van der Waals surface area contributed by atoms with E-state index in [1.807, 2.05) is 4.90 Å². The third-order valence-electron chi connectivity index (χ3n) is 5.53. The maximum Gasteiger partial charge on any atom is 0.453 e. The van der Waals surface area contributed by atoms with E-state index in [-0.39, 0.29) is 34.6 Å². The van der Waals surface area contributed by atoms with E-state index in [2.05, 4.69) is 22.9 Å². The van der Waals surface area contributed by atoms with Gasteiger partial charge in [-0.15, -0.1) is 0 Å². The molecule has 32 heavy (non-hydrogen) atoms. The lowest BCUT2D eigenvalue weighted by Crippen LogP contribution is -2.33. The highest BCUT2D eigenvalue weighted by atomic mass is 79.9. The fourth-order valence-electron chi connectivity index (χ4n) is 4.01. The maximum atomic E-state index is 13.9. The predicted octanol–water partition coefficient (Wildman–Crippen LogP) is 6.30. The molecule has 170 valence electrons. The molecule has 1 aliphatic rings. The third-order valence-corrected chi connectivity index (χ3v) is 6.18. The first-order valence-corrected chi connectivity index (χ1v) is 11.0. The smallest absolute Gasteiger partial charge is 0.453 e. The van der Waals surface area contributed by atoms with Crippen molar-refractivity contribution in [2.45, 2.75) is 32.5 Å². The van der Waals surface area contributed by atoms with Crippen molar-refractivity contribution in [2.24, 2.45) is 5.92 Å². The summed E-state index contributed by atoms with van der Waals surface area (Å²) < 4.78 is 52.8. The molecule has 0 amide bonds. The van der Waals surface area contributed by atoms with Crippen molar-refractivity contribution in [3.63, 3.8) is 0 Å². The second-order valence-corrected chi connectivity index (χ2v) is 8.90. The van der Waals surface area contributed by atoms with Gasteiger partial charge in [-0.2, -0.15) is 13.2 Å². The number of phenolic OH excluding ortho intramolecular Hbond substituents is 1. The van der Waals surface area contributed by atoms with Gasteiger partial charge >= 0.3 is 6.18 Å². The number of alkyl halides is 3. The van der Waals surface area contributed by atoms with Crippen molar-refractivity contribution in [1.29, 1.82) is 0 Å². The van der Waals surface area contributed by atoms with Crippen molar-refractivity contribution >= 4 is 26.9 Å². The molecule has 2 aromatic carbocycles. The summed E-state index contributed by atoms with van der Waals surface area (Å²) in [6.07, 6.45) is -2.96. The molecule has 1 aromatic heterocycles. The highest BCUT2D eigenvalue weighted by molar-refractivity contribution is 9.10. The van der Waals surface area contributed by atoms with E-state index < -0.39 is 23.1 Å². The molecule has 5 nitrogen and oxygen atoms in total. The van der Waals surface area contributed by atoms with Gasteiger partial charge in [0.25, 0.3) is 5.76 Å². The zero-order valence-electron chi connectivity index (χ0n) is 17.2. The predicted molar refractivity (Wildman–Crippen MR) is 117 cm³/mol. The van der Waals surface area contributed by atoms with Crippen LogP contribution in [-0.4, -0.2) is 23.1 Å². The first-order chi connectivity index (χ1) is 15.1. The first-order valence-electron chi connectivity index (χ1n) is 10.2. The molecule has 9 heteroatoms. The molecule has 1 saturated heterocycles. The minimum Gasteiger partial charge on any atom is -0.507 e. The van der Waals surface area contributed by atoms with E-state index >= 15 is 0 Å². The van der Waals surface area contributed by atoms with Gasteiger partial charge in [-0.3, -0.25) is 9.69 Å². The summed E-state index contributed by atoms with van der Waals surface area (Å²) in [5.41, 5.74) is -1.07. The number of likely N-dealkylation sites (tertiary alicyclic amines) is 1. The Bertz CT molecular complexity index is 1210. The molecule has 3 aromatic rings. The van der Waals surface area contributed by atoms with Crippen molar-refractivity contribution in [2.75, 3.05) is 13.1 Å². The highest BCUT2D eigenvalue weighted by Crippen LogP contribution is 2.41. The summed E-state index contributed by atoms with van der Waals surface area (Å²) in [7, 11) is 0. The lowest BCUT2D eigenvalue weighted by molar-refractivity contribution is -0.154. The third kappa shape index (κ3) is 4.49. The SMILES string of the molecule is C[C@@H]1CCCN(Cc2c(O)ccc3c(=O)c(Oc4ccccc4Br)c(C(F)(F)F)oc23)C1.